The van der Waals surface area contributed by atoms with E-state index in [0.29, 0.717) is 0 Å². The second-order valence-corrected chi connectivity index (χ2v) is 1.97. The van der Waals surface area contributed by atoms with Crippen LogP contribution in [0.1, 0.15) is 6.92 Å². The molecule has 0 saturated carbocycles. The predicted molar refractivity (Wildman–Crippen MR) is 41.6 cm³/mol. The van der Waals surface area contributed by atoms with Crippen LogP contribution in [0.15, 0.2) is 12.7 Å². The van der Waals surface area contributed by atoms with Crippen molar-refractivity contribution in [3.8, 4) is 0 Å². The molecule has 4 heteroatoms. The maximum absolute atomic E-state index is 4.71. The predicted octanol–water partition coefficient (Wildman–Crippen LogP) is 1.35. The Morgan fingerprint density at radius 2 is 1.88 bits per heavy atom. The van der Waals surface area contributed by atoms with Gasteiger partial charge in [-0.3, -0.25) is 0 Å². The zero-order valence-corrected chi connectivity index (χ0v) is 7.39. The molecule has 50 valence electrons. The summed E-state index contributed by atoms with van der Waals surface area (Å²) in [6, 6.07) is 0. The van der Waals surface area contributed by atoms with Crippen molar-refractivity contribution in [3.63, 3.8) is 0 Å². The van der Waals surface area contributed by atoms with Gasteiger partial charge in [-0.1, -0.05) is 18.3 Å². The molecule has 0 atom stereocenters. The van der Waals surface area contributed by atoms with E-state index in [9.17, 15) is 0 Å². The third kappa shape index (κ3) is 788. The summed E-state index contributed by atoms with van der Waals surface area (Å²) >= 11 is 7.65. The van der Waals surface area contributed by atoms with Gasteiger partial charge in [-0.25, -0.2) is 0 Å². The summed E-state index contributed by atoms with van der Waals surface area (Å²) in [4.78, 5) is 0. The number of hydrogen-bond donors (Lipinski definition) is 2. The van der Waals surface area contributed by atoms with Crippen molar-refractivity contribution < 1.29 is 17.1 Å². The third-order valence-corrected chi connectivity index (χ3v) is 0. The van der Waals surface area contributed by atoms with Gasteiger partial charge in [0.15, 0.2) is 0 Å². The van der Waals surface area contributed by atoms with Crippen LogP contribution in [-0.2, 0) is 17.1 Å². The zero-order valence-electron chi connectivity index (χ0n) is 4.57. The molecule has 0 amide bonds. The molecule has 0 unspecified atom stereocenters. The van der Waals surface area contributed by atoms with Crippen LogP contribution < -0.4 is 5.73 Å². The van der Waals surface area contributed by atoms with Gasteiger partial charge in [0.25, 0.3) is 0 Å². The first-order chi connectivity index (χ1) is 3.15. The quantitative estimate of drug-likeness (QED) is 0.261. The number of hydrogen-bond acceptors (Lipinski definition) is 1. The number of thiol groups is 1. The largest absolute Gasteiger partial charge is 0.385 e. The molecule has 8 heavy (non-hydrogen) atoms. The van der Waals surface area contributed by atoms with Crippen molar-refractivity contribution in [3.05, 3.63) is 12.7 Å². The van der Waals surface area contributed by atoms with Crippen LogP contribution in [0.5, 0.6) is 0 Å². The second kappa shape index (κ2) is 15.6. The summed E-state index contributed by atoms with van der Waals surface area (Å²) in [7, 11) is 0. The molecule has 0 bridgehead atoms. The van der Waals surface area contributed by atoms with Crippen molar-refractivity contribution in [2.24, 2.45) is 5.73 Å². The summed E-state index contributed by atoms with van der Waals surface area (Å²) in [6.07, 6.45) is 1.75. The molecule has 2 N–H and O–H groups in total. The molecule has 0 aliphatic rings. The molecule has 0 aromatic rings. The van der Waals surface area contributed by atoms with Gasteiger partial charge in [-0.2, -0.15) is 0 Å². The Morgan fingerprint density at radius 1 is 1.88 bits per heavy atom. The first-order valence-corrected chi connectivity index (χ1v) is 2.56. The van der Waals surface area contributed by atoms with Crippen molar-refractivity contribution in [2.45, 2.75) is 6.92 Å². The molecule has 0 fully saturated rings. The standard InChI is InChI=1S/C3H6.CH3NS2.Fe/c1-3-2;2-1(3)4;/h3H,1H2,2H3;(H3,2,3,4);. The molecule has 0 rings (SSSR count). The van der Waals surface area contributed by atoms with Crippen LogP contribution in [0, 0.1) is 0 Å². The molecular weight excluding hydrogens is 182 g/mol. The maximum Gasteiger partial charge on any atom is 0.128 e. The van der Waals surface area contributed by atoms with Crippen LogP contribution in [-0.4, -0.2) is 4.32 Å². The van der Waals surface area contributed by atoms with Crippen LogP contribution >= 0.6 is 24.8 Å². The fraction of sp³-hybridized carbons (Fsp3) is 0.250. The molecule has 0 saturated heterocycles. The van der Waals surface area contributed by atoms with E-state index in [1.54, 1.807) is 6.08 Å². The van der Waals surface area contributed by atoms with Crippen molar-refractivity contribution >= 4 is 29.2 Å². The topological polar surface area (TPSA) is 26.0 Å². The smallest absolute Gasteiger partial charge is 0.128 e. The Labute approximate surface area is 71.6 Å². The zero-order chi connectivity index (χ0) is 6.28. The average molecular weight is 191 g/mol. The maximum atomic E-state index is 4.71. The Morgan fingerprint density at radius 3 is 1.88 bits per heavy atom. The summed E-state index contributed by atoms with van der Waals surface area (Å²) < 4.78 is 0.194. The Kier molecular flexibility index (Phi) is 30.9. The van der Waals surface area contributed by atoms with Crippen molar-refractivity contribution in [1.29, 1.82) is 0 Å². The van der Waals surface area contributed by atoms with Gasteiger partial charge in [-0.15, -0.1) is 19.2 Å². The first-order valence-electron chi connectivity index (χ1n) is 1.70. The van der Waals surface area contributed by atoms with Gasteiger partial charge in [-0.05, 0) is 6.92 Å². The molecule has 0 radical (unpaired) electrons. The van der Waals surface area contributed by atoms with Gasteiger partial charge in [0.2, 0.25) is 0 Å². The average Bonchev–Trinajstić information content (AvgIpc) is 1.33. The van der Waals surface area contributed by atoms with E-state index in [4.69, 9.17) is 5.73 Å². The van der Waals surface area contributed by atoms with Crippen molar-refractivity contribution in [2.75, 3.05) is 0 Å². The Hall–Kier alpha value is 0.499. The summed E-state index contributed by atoms with van der Waals surface area (Å²) in [6.45, 7) is 5.25. The Bertz CT molecular complexity index is 61.1. The van der Waals surface area contributed by atoms with E-state index in [1.807, 2.05) is 6.92 Å². The monoisotopic (exact) mass is 191 g/mol. The van der Waals surface area contributed by atoms with Gasteiger partial charge < -0.3 is 5.73 Å². The van der Waals surface area contributed by atoms with Gasteiger partial charge in [0, 0.05) is 17.1 Å². The van der Waals surface area contributed by atoms with Gasteiger partial charge in [0.05, 0.1) is 0 Å². The van der Waals surface area contributed by atoms with E-state index in [-0.39, 0.29) is 21.4 Å². The molecule has 0 aromatic heterocycles. The summed E-state index contributed by atoms with van der Waals surface area (Å²) in [5, 5.41) is 0. The van der Waals surface area contributed by atoms with Crippen LogP contribution in [0.2, 0.25) is 0 Å². The van der Waals surface area contributed by atoms with E-state index in [1.165, 1.54) is 0 Å². The Balaban J connectivity index is -0.0000000575. The first kappa shape index (κ1) is 15.8. The summed E-state index contributed by atoms with van der Waals surface area (Å²) in [5.41, 5.74) is 4.71. The SMILES string of the molecule is C=CC.NC(=S)S.[Fe]. The normalized spacial score (nSPS) is 4.75. The minimum atomic E-state index is 0. The molecule has 0 spiro atoms. The fourth-order valence-corrected chi connectivity index (χ4v) is 0. The van der Waals surface area contributed by atoms with Crippen LogP contribution in [0.3, 0.4) is 0 Å². The number of nitrogens with two attached hydrogens (primary N) is 1. The fourth-order valence-electron chi connectivity index (χ4n) is 0. The minimum Gasteiger partial charge on any atom is -0.385 e. The van der Waals surface area contributed by atoms with Gasteiger partial charge >= 0.3 is 0 Å². The summed E-state index contributed by atoms with van der Waals surface area (Å²) in [5.74, 6) is 0. The molecular formula is C4H9FeNS2. The second-order valence-electron chi connectivity index (χ2n) is 0.746. The van der Waals surface area contributed by atoms with E-state index in [0.717, 1.165) is 0 Å². The van der Waals surface area contributed by atoms with Crippen LogP contribution in [0.25, 0.3) is 0 Å². The number of allylic oxidation sites excluding steroid dienone is 1. The number of thiocarbonyl (C=S) groups is 1. The third-order valence-electron chi connectivity index (χ3n) is 0. The van der Waals surface area contributed by atoms with E-state index < -0.39 is 0 Å². The van der Waals surface area contributed by atoms with E-state index in [2.05, 4.69) is 31.4 Å². The number of rotatable bonds is 0. The molecule has 0 aliphatic carbocycles. The van der Waals surface area contributed by atoms with Crippen LogP contribution in [0.4, 0.5) is 0 Å². The van der Waals surface area contributed by atoms with Crippen molar-refractivity contribution in [1.82, 2.24) is 0 Å². The minimum absolute atomic E-state index is 0. The van der Waals surface area contributed by atoms with Gasteiger partial charge in [0.1, 0.15) is 4.32 Å². The molecule has 1 nitrogen and oxygen atoms in total. The molecule has 0 aromatic carbocycles. The molecule has 0 heterocycles. The van der Waals surface area contributed by atoms with E-state index >= 15 is 0 Å². The molecule has 0 aliphatic heterocycles.